The molecular weight excluding hydrogens is 288 g/mol. The van der Waals surface area contributed by atoms with Crippen molar-refractivity contribution < 1.29 is 4.79 Å². The first-order valence-electron chi connectivity index (χ1n) is 8.37. The van der Waals surface area contributed by atoms with E-state index < -0.39 is 0 Å². The molecule has 2 amide bonds. The summed E-state index contributed by atoms with van der Waals surface area (Å²) in [7, 11) is 0. The van der Waals surface area contributed by atoms with Crippen LogP contribution in [0.2, 0.25) is 0 Å². The number of likely N-dealkylation sites (tertiary alicyclic amines) is 1. The number of nitrogens with one attached hydrogen (secondary N) is 1. The lowest BCUT2D eigenvalue weighted by Crippen LogP contribution is -2.47. The predicted octanol–water partition coefficient (Wildman–Crippen LogP) is 3.13. The molecule has 0 spiro atoms. The maximum Gasteiger partial charge on any atom is 0.317 e. The fourth-order valence-corrected chi connectivity index (χ4v) is 2.95. The van der Waals surface area contributed by atoms with Crippen molar-refractivity contribution in [2.24, 2.45) is 0 Å². The van der Waals surface area contributed by atoms with Crippen molar-refractivity contribution in [2.75, 3.05) is 13.1 Å². The van der Waals surface area contributed by atoms with Gasteiger partial charge in [0.05, 0.1) is 12.2 Å². The van der Waals surface area contributed by atoms with Gasteiger partial charge in [0.25, 0.3) is 0 Å². The number of piperidine rings is 1. The lowest BCUT2D eigenvalue weighted by atomic mass is 10.1. The lowest BCUT2D eigenvalue weighted by Gasteiger charge is -2.28. The Labute approximate surface area is 137 Å². The van der Waals surface area contributed by atoms with E-state index in [0.717, 1.165) is 37.2 Å². The highest BCUT2D eigenvalue weighted by Crippen LogP contribution is 2.16. The molecule has 1 N–H and O–H groups in total. The number of hydrogen-bond acceptors (Lipinski definition) is 2. The lowest BCUT2D eigenvalue weighted by molar-refractivity contribution is 0.182. The number of carbonyl (C=O) groups is 1. The van der Waals surface area contributed by atoms with Crippen molar-refractivity contribution in [2.45, 2.75) is 38.8 Å². The van der Waals surface area contributed by atoms with Gasteiger partial charge in [-0.25, -0.2) is 4.79 Å². The molecular formula is C18H24N4O. The van der Waals surface area contributed by atoms with Gasteiger partial charge >= 0.3 is 6.03 Å². The number of amides is 2. The molecule has 1 aliphatic heterocycles. The molecule has 1 atom stereocenters. The number of aromatic nitrogens is 2. The van der Waals surface area contributed by atoms with Crippen molar-refractivity contribution in [1.29, 1.82) is 0 Å². The quantitative estimate of drug-likeness (QED) is 0.943. The second-order valence-electron chi connectivity index (χ2n) is 6.19. The average Bonchev–Trinajstić information content (AvgIpc) is 3.04. The predicted molar refractivity (Wildman–Crippen MR) is 91.1 cm³/mol. The fourth-order valence-electron chi connectivity index (χ4n) is 2.95. The molecule has 1 saturated heterocycles. The summed E-state index contributed by atoms with van der Waals surface area (Å²) >= 11 is 0. The van der Waals surface area contributed by atoms with Crippen LogP contribution in [0, 0.1) is 0 Å². The summed E-state index contributed by atoms with van der Waals surface area (Å²) in [5.74, 6) is 0. The van der Waals surface area contributed by atoms with E-state index in [1.165, 1.54) is 6.42 Å². The van der Waals surface area contributed by atoms with Gasteiger partial charge in [-0.3, -0.25) is 4.68 Å². The molecule has 0 radical (unpaired) electrons. The molecule has 122 valence electrons. The molecule has 0 bridgehead atoms. The van der Waals surface area contributed by atoms with Gasteiger partial charge < -0.3 is 10.2 Å². The van der Waals surface area contributed by atoms with Crippen LogP contribution < -0.4 is 5.32 Å². The standard InChI is InChI=1S/C18H24N4O/c1-15(19-18(23)21-11-6-3-7-12-21)14-22-13-10-17(20-22)16-8-4-2-5-9-16/h2,4-5,8-10,13,15H,3,6-7,11-12,14H2,1H3,(H,19,23)/t15-/m0/s1. The zero-order valence-electron chi connectivity index (χ0n) is 13.6. The maximum absolute atomic E-state index is 12.2. The molecule has 5 nitrogen and oxygen atoms in total. The zero-order valence-corrected chi connectivity index (χ0v) is 13.6. The third kappa shape index (κ3) is 4.12. The molecule has 1 aliphatic rings. The Morgan fingerprint density at radius 2 is 1.91 bits per heavy atom. The molecule has 0 saturated carbocycles. The smallest absolute Gasteiger partial charge is 0.317 e. The fraction of sp³-hybridized carbons (Fsp3) is 0.444. The largest absolute Gasteiger partial charge is 0.334 e. The summed E-state index contributed by atoms with van der Waals surface area (Å²) in [6.07, 6.45) is 5.42. The number of urea groups is 1. The Hall–Kier alpha value is -2.30. The monoisotopic (exact) mass is 312 g/mol. The summed E-state index contributed by atoms with van der Waals surface area (Å²) in [4.78, 5) is 14.1. The van der Waals surface area contributed by atoms with E-state index in [0.29, 0.717) is 6.54 Å². The van der Waals surface area contributed by atoms with E-state index in [2.05, 4.69) is 10.4 Å². The van der Waals surface area contributed by atoms with Gasteiger partial charge in [0.15, 0.2) is 0 Å². The maximum atomic E-state index is 12.2. The first-order valence-corrected chi connectivity index (χ1v) is 8.37. The summed E-state index contributed by atoms with van der Waals surface area (Å²) in [6, 6.07) is 12.2. The van der Waals surface area contributed by atoms with Crippen LogP contribution >= 0.6 is 0 Å². The second-order valence-corrected chi connectivity index (χ2v) is 6.19. The first-order chi connectivity index (χ1) is 11.2. The number of benzene rings is 1. The first kappa shape index (κ1) is 15.6. The van der Waals surface area contributed by atoms with E-state index >= 15 is 0 Å². The number of hydrogen-bond donors (Lipinski definition) is 1. The van der Waals surface area contributed by atoms with Crippen molar-refractivity contribution >= 4 is 6.03 Å². The van der Waals surface area contributed by atoms with Crippen molar-refractivity contribution in [3.63, 3.8) is 0 Å². The van der Waals surface area contributed by atoms with Crippen LogP contribution in [0.3, 0.4) is 0 Å². The highest BCUT2D eigenvalue weighted by atomic mass is 16.2. The van der Waals surface area contributed by atoms with E-state index in [1.54, 1.807) is 0 Å². The van der Waals surface area contributed by atoms with Crippen molar-refractivity contribution in [3.8, 4) is 11.3 Å². The van der Waals surface area contributed by atoms with Crippen molar-refractivity contribution in [1.82, 2.24) is 20.0 Å². The Bertz CT molecular complexity index is 631. The topological polar surface area (TPSA) is 50.2 Å². The van der Waals surface area contributed by atoms with E-state index in [9.17, 15) is 4.79 Å². The van der Waals surface area contributed by atoms with Crippen molar-refractivity contribution in [3.05, 3.63) is 42.6 Å². The normalized spacial score (nSPS) is 16.1. The van der Waals surface area contributed by atoms with Gasteiger partial charge in [0, 0.05) is 30.9 Å². The molecule has 23 heavy (non-hydrogen) atoms. The molecule has 1 fully saturated rings. The molecule has 2 aromatic rings. The Morgan fingerprint density at radius 3 is 2.65 bits per heavy atom. The van der Waals surface area contributed by atoms with Crippen LogP contribution in [0.4, 0.5) is 4.79 Å². The Kier molecular flexibility index (Phi) is 4.95. The minimum Gasteiger partial charge on any atom is -0.334 e. The van der Waals surface area contributed by atoms with Gasteiger partial charge in [0.2, 0.25) is 0 Å². The SMILES string of the molecule is C[C@@H](Cn1ccc(-c2ccccc2)n1)NC(=O)N1CCCCC1. The van der Waals surface area contributed by atoms with Crippen LogP contribution in [0.5, 0.6) is 0 Å². The van der Waals surface area contributed by atoms with Crippen LogP contribution in [0.25, 0.3) is 11.3 Å². The van der Waals surface area contributed by atoms with E-state index in [4.69, 9.17) is 0 Å². The number of nitrogens with zero attached hydrogens (tertiary/aromatic N) is 3. The molecule has 1 aromatic carbocycles. The summed E-state index contributed by atoms with van der Waals surface area (Å²) in [5.41, 5.74) is 2.07. The highest BCUT2D eigenvalue weighted by molar-refractivity contribution is 5.74. The highest BCUT2D eigenvalue weighted by Gasteiger charge is 2.18. The number of carbonyl (C=O) groups excluding carboxylic acids is 1. The third-order valence-electron chi connectivity index (χ3n) is 4.18. The van der Waals surface area contributed by atoms with Crippen LogP contribution in [0.1, 0.15) is 26.2 Å². The van der Waals surface area contributed by atoms with Gasteiger partial charge in [-0.2, -0.15) is 5.10 Å². The van der Waals surface area contributed by atoms with Gasteiger partial charge in [0.1, 0.15) is 0 Å². The van der Waals surface area contributed by atoms with Crippen LogP contribution in [-0.4, -0.2) is 39.8 Å². The molecule has 2 heterocycles. The average molecular weight is 312 g/mol. The second kappa shape index (κ2) is 7.31. The van der Waals surface area contributed by atoms with E-state index in [1.807, 2.05) is 59.1 Å². The van der Waals surface area contributed by atoms with Gasteiger partial charge in [-0.1, -0.05) is 30.3 Å². The third-order valence-corrected chi connectivity index (χ3v) is 4.18. The molecule has 1 aromatic heterocycles. The Balaban J connectivity index is 1.54. The minimum absolute atomic E-state index is 0.0487. The summed E-state index contributed by atoms with van der Waals surface area (Å²) in [5, 5.41) is 7.67. The van der Waals surface area contributed by atoms with E-state index in [-0.39, 0.29) is 12.1 Å². The molecule has 3 rings (SSSR count). The van der Waals surface area contributed by atoms with Crippen LogP contribution in [0.15, 0.2) is 42.6 Å². The molecule has 5 heteroatoms. The summed E-state index contributed by atoms with van der Waals surface area (Å²) < 4.78 is 1.89. The minimum atomic E-state index is 0.0487. The van der Waals surface area contributed by atoms with Crippen LogP contribution in [-0.2, 0) is 6.54 Å². The molecule has 0 aliphatic carbocycles. The zero-order chi connectivity index (χ0) is 16.1. The summed E-state index contributed by atoms with van der Waals surface area (Å²) in [6.45, 7) is 4.44. The van der Waals surface area contributed by atoms with Gasteiger partial charge in [-0.15, -0.1) is 0 Å². The number of rotatable bonds is 4. The Morgan fingerprint density at radius 1 is 1.17 bits per heavy atom. The van der Waals surface area contributed by atoms with Gasteiger partial charge in [-0.05, 0) is 32.3 Å². The molecule has 0 unspecified atom stereocenters.